The summed E-state index contributed by atoms with van der Waals surface area (Å²) in [6.07, 6.45) is 3.11. The number of rotatable bonds is 7. The summed E-state index contributed by atoms with van der Waals surface area (Å²) < 4.78 is 0. The minimum atomic E-state index is -0.419. The molecule has 0 radical (unpaired) electrons. The van der Waals surface area contributed by atoms with Gasteiger partial charge in [0.05, 0.1) is 12.6 Å². The van der Waals surface area contributed by atoms with Crippen molar-refractivity contribution in [3.63, 3.8) is 0 Å². The SMILES string of the molecule is CSCCc1ccc(NC(=O)N[C@H](CO)c2ccccc2)cc1. The number of aliphatic hydroxyl groups excluding tert-OH is 1. The van der Waals surface area contributed by atoms with Crippen LogP contribution in [0.4, 0.5) is 10.5 Å². The second kappa shape index (κ2) is 9.22. The molecular weight excluding hydrogens is 308 g/mol. The highest BCUT2D eigenvalue weighted by molar-refractivity contribution is 7.98. The van der Waals surface area contributed by atoms with Crippen LogP contribution in [0.2, 0.25) is 0 Å². The fourth-order valence-electron chi connectivity index (χ4n) is 2.22. The molecule has 0 aromatic heterocycles. The second-order valence-electron chi connectivity index (χ2n) is 5.18. The Bertz CT molecular complexity index is 602. The number of carbonyl (C=O) groups excluding carboxylic acids is 1. The summed E-state index contributed by atoms with van der Waals surface area (Å²) in [4.78, 5) is 12.1. The highest BCUT2D eigenvalue weighted by atomic mass is 32.2. The van der Waals surface area contributed by atoms with Crippen LogP contribution in [-0.4, -0.2) is 29.8 Å². The van der Waals surface area contributed by atoms with Gasteiger partial charge in [-0.2, -0.15) is 11.8 Å². The average Bonchev–Trinajstić information content (AvgIpc) is 2.60. The molecule has 0 unspecified atom stereocenters. The van der Waals surface area contributed by atoms with Crippen molar-refractivity contribution in [3.05, 3.63) is 65.7 Å². The Morgan fingerprint density at radius 2 is 1.83 bits per heavy atom. The molecule has 0 aliphatic rings. The van der Waals surface area contributed by atoms with Crippen LogP contribution in [0, 0.1) is 0 Å². The topological polar surface area (TPSA) is 61.4 Å². The fraction of sp³-hybridized carbons (Fsp3) is 0.278. The maximum atomic E-state index is 12.1. The van der Waals surface area contributed by atoms with E-state index in [9.17, 15) is 9.90 Å². The molecule has 0 saturated carbocycles. The van der Waals surface area contributed by atoms with E-state index in [4.69, 9.17) is 0 Å². The largest absolute Gasteiger partial charge is 0.394 e. The molecule has 4 nitrogen and oxygen atoms in total. The number of carbonyl (C=O) groups is 1. The molecule has 2 aromatic rings. The van der Waals surface area contributed by atoms with E-state index < -0.39 is 6.04 Å². The third-order valence-electron chi connectivity index (χ3n) is 3.50. The van der Waals surface area contributed by atoms with Crippen LogP contribution in [0.3, 0.4) is 0 Å². The van der Waals surface area contributed by atoms with Crippen LogP contribution in [0.25, 0.3) is 0 Å². The molecule has 0 aliphatic carbocycles. The van der Waals surface area contributed by atoms with Crippen molar-refractivity contribution >= 4 is 23.5 Å². The second-order valence-corrected chi connectivity index (χ2v) is 6.17. The van der Waals surface area contributed by atoms with E-state index >= 15 is 0 Å². The van der Waals surface area contributed by atoms with Gasteiger partial charge in [-0.05, 0) is 41.7 Å². The number of hydrogen-bond acceptors (Lipinski definition) is 3. The molecule has 0 spiro atoms. The molecule has 5 heteroatoms. The van der Waals surface area contributed by atoms with Gasteiger partial charge >= 0.3 is 6.03 Å². The molecule has 122 valence electrons. The van der Waals surface area contributed by atoms with Gasteiger partial charge in [-0.15, -0.1) is 0 Å². The van der Waals surface area contributed by atoms with E-state index in [-0.39, 0.29) is 12.6 Å². The summed E-state index contributed by atoms with van der Waals surface area (Å²) in [6, 6.07) is 16.5. The van der Waals surface area contributed by atoms with Crippen LogP contribution < -0.4 is 10.6 Å². The Hall–Kier alpha value is -1.98. The van der Waals surface area contributed by atoms with E-state index in [0.29, 0.717) is 0 Å². The average molecular weight is 330 g/mol. The van der Waals surface area contributed by atoms with Crippen molar-refractivity contribution in [2.45, 2.75) is 12.5 Å². The van der Waals surface area contributed by atoms with Gasteiger partial charge in [-0.25, -0.2) is 4.79 Å². The summed E-state index contributed by atoms with van der Waals surface area (Å²) in [7, 11) is 0. The van der Waals surface area contributed by atoms with Crippen LogP contribution in [-0.2, 0) is 6.42 Å². The lowest BCUT2D eigenvalue weighted by Crippen LogP contribution is -2.34. The molecule has 0 bridgehead atoms. The van der Waals surface area contributed by atoms with Crippen molar-refractivity contribution in [2.75, 3.05) is 23.9 Å². The maximum Gasteiger partial charge on any atom is 0.319 e. The molecular formula is C18H22N2O2S. The van der Waals surface area contributed by atoms with Crippen molar-refractivity contribution in [1.82, 2.24) is 5.32 Å². The smallest absolute Gasteiger partial charge is 0.319 e. The van der Waals surface area contributed by atoms with Crippen LogP contribution in [0.15, 0.2) is 54.6 Å². The number of urea groups is 1. The molecule has 0 heterocycles. The highest BCUT2D eigenvalue weighted by Crippen LogP contribution is 2.14. The Morgan fingerprint density at radius 3 is 2.43 bits per heavy atom. The first kappa shape index (κ1) is 17.4. The first-order valence-corrected chi connectivity index (χ1v) is 8.93. The third-order valence-corrected chi connectivity index (χ3v) is 4.11. The molecule has 1 atom stereocenters. The normalized spacial score (nSPS) is 11.7. The lowest BCUT2D eigenvalue weighted by Gasteiger charge is -2.17. The Kier molecular flexibility index (Phi) is 6.97. The van der Waals surface area contributed by atoms with Gasteiger partial charge in [0.15, 0.2) is 0 Å². The van der Waals surface area contributed by atoms with E-state index in [2.05, 4.69) is 16.9 Å². The van der Waals surface area contributed by atoms with Gasteiger partial charge in [0.2, 0.25) is 0 Å². The summed E-state index contributed by atoms with van der Waals surface area (Å²) in [6.45, 7) is -0.148. The zero-order valence-electron chi connectivity index (χ0n) is 13.2. The first-order chi connectivity index (χ1) is 11.2. The number of benzene rings is 2. The van der Waals surface area contributed by atoms with Gasteiger partial charge in [-0.1, -0.05) is 42.5 Å². The monoisotopic (exact) mass is 330 g/mol. The molecule has 0 fully saturated rings. The molecule has 0 saturated heterocycles. The summed E-state index contributed by atoms with van der Waals surface area (Å²) in [5.41, 5.74) is 2.86. The highest BCUT2D eigenvalue weighted by Gasteiger charge is 2.13. The molecule has 2 aromatic carbocycles. The predicted octanol–water partition coefficient (Wildman–Crippen LogP) is 3.45. The summed E-state index contributed by atoms with van der Waals surface area (Å²) >= 11 is 1.82. The van der Waals surface area contributed by atoms with Gasteiger partial charge in [0.1, 0.15) is 0 Å². The Balaban J connectivity index is 1.91. The quantitative estimate of drug-likeness (QED) is 0.729. The maximum absolute atomic E-state index is 12.1. The number of aryl methyl sites for hydroxylation is 1. The molecule has 0 aliphatic heterocycles. The molecule has 3 N–H and O–H groups in total. The van der Waals surface area contributed by atoms with Gasteiger partial charge in [0.25, 0.3) is 0 Å². The van der Waals surface area contributed by atoms with Crippen molar-refractivity contribution in [3.8, 4) is 0 Å². The minimum Gasteiger partial charge on any atom is -0.394 e. The Labute approximate surface area is 141 Å². The summed E-state index contributed by atoms with van der Waals surface area (Å²) in [5, 5.41) is 15.0. The number of nitrogens with one attached hydrogen (secondary N) is 2. The molecule has 2 amide bonds. The van der Waals surface area contributed by atoms with Crippen LogP contribution >= 0.6 is 11.8 Å². The van der Waals surface area contributed by atoms with Crippen molar-refractivity contribution in [1.29, 1.82) is 0 Å². The molecule has 23 heavy (non-hydrogen) atoms. The van der Waals surface area contributed by atoms with E-state index in [1.807, 2.05) is 66.4 Å². The lowest BCUT2D eigenvalue weighted by atomic mass is 10.1. The van der Waals surface area contributed by atoms with Crippen molar-refractivity contribution in [2.24, 2.45) is 0 Å². The predicted molar refractivity (Wildman–Crippen MR) is 97.0 cm³/mol. The number of amides is 2. The van der Waals surface area contributed by atoms with Crippen molar-refractivity contribution < 1.29 is 9.90 Å². The lowest BCUT2D eigenvalue weighted by molar-refractivity contribution is 0.225. The standard InChI is InChI=1S/C18H22N2O2S/c1-23-12-11-14-7-9-16(10-8-14)19-18(22)20-17(13-21)15-5-3-2-4-6-15/h2-10,17,21H,11-13H2,1H3,(H2,19,20,22)/t17-/m1/s1. The first-order valence-electron chi connectivity index (χ1n) is 7.54. The van der Waals surface area contributed by atoms with Crippen LogP contribution in [0.5, 0.6) is 0 Å². The van der Waals surface area contributed by atoms with Crippen LogP contribution in [0.1, 0.15) is 17.2 Å². The number of hydrogen-bond donors (Lipinski definition) is 3. The fourth-order valence-corrected chi connectivity index (χ4v) is 2.66. The van der Waals surface area contributed by atoms with E-state index in [1.54, 1.807) is 0 Å². The molecule has 2 rings (SSSR count). The number of thioether (sulfide) groups is 1. The third kappa shape index (κ3) is 5.62. The van der Waals surface area contributed by atoms with E-state index in [0.717, 1.165) is 23.4 Å². The zero-order valence-corrected chi connectivity index (χ0v) is 14.0. The van der Waals surface area contributed by atoms with Gasteiger partial charge < -0.3 is 15.7 Å². The Morgan fingerprint density at radius 1 is 1.13 bits per heavy atom. The van der Waals surface area contributed by atoms with Gasteiger partial charge in [-0.3, -0.25) is 0 Å². The van der Waals surface area contributed by atoms with E-state index in [1.165, 1.54) is 5.56 Å². The van der Waals surface area contributed by atoms with Gasteiger partial charge in [0, 0.05) is 5.69 Å². The minimum absolute atomic E-state index is 0.148. The number of anilines is 1. The zero-order chi connectivity index (χ0) is 16.5. The number of aliphatic hydroxyl groups is 1. The summed E-state index contributed by atoms with van der Waals surface area (Å²) in [5.74, 6) is 1.09.